The van der Waals surface area contributed by atoms with E-state index in [9.17, 15) is 8.60 Å². The van der Waals surface area contributed by atoms with Crippen molar-refractivity contribution in [3.8, 4) is 0 Å². The van der Waals surface area contributed by atoms with E-state index in [1.165, 1.54) is 12.1 Å². The number of hydrogen-bond acceptors (Lipinski definition) is 4. The lowest BCUT2D eigenvalue weighted by Crippen LogP contribution is -1.99. The van der Waals surface area contributed by atoms with Crippen LogP contribution in [0.3, 0.4) is 0 Å². The van der Waals surface area contributed by atoms with Crippen molar-refractivity contribution in [3.63, 3.8) is 0 Å². The minimum absolute atomic E-state index is 0.0398. The summed E-state index contributed by atoms with van der Waals surface area (Å²) in [5.41, 5.74) is 0.207. The van der Waals surface area contributed by atoms with Crippen LogP contribution in [0.15, 0.2) is 22.5 Å². The Morgan fingerprint density at radius 1 is 1.41 bits per heavy atom. The van der Waals surface area contributed by atoms with Crippen molar-refractivity contribution in [2.75, 3.05) is 0 Å². The second-order valence-corrected chi connectivity index (χ2v) is 6.14. The van der Waals surface area contributed by atoms with Gasteiger partial charge >= 0.3 is 0 Å². The molecule has 0 aliphatic heterocycles. The number of rotatable bonds is 3. The van der Waals surface area contributed by atoms with Crippen molar-refractivity contribution in [3.05, 3.63) is 39.9 Å². The van der Waals surface area contributed by atoms with Crippen molar-refractivity contribution in [2.45, 2.75) is 10.1 Å². The first-order chi connectivity index (χ1) is 8.08. The first-order valence-corrected chi connectivity index (χ1v) is 7.23. The zero-order valence-corrected chi connectivity index (χ0v) is 11.3. The van der Waals surface area contributed by atoms with E-state index in [0.29, 0.717) is 0 Å². The van der Waals surface area contributed by atoms with Crippen LogP contribution in [0.2, 0.25) is 10.3 Å². The summed E-state index contributed by atoms with van der Waals surface area (Å²) in [6.45, 7) is 0. The topological polar surface area (TPSA) is 42.9 Å². The Bertz CT molecular complexity index is 556. The molecule has 90 valence electrons. The first kappa shape index (κ1) is 12.9. The van der Waals surface area contributed by atoms with Crippen molar-refractivity contribution in [1.82, 2.24) is 9.36 Å². The first-order valence-electron chi connectivity index (χ1n) is 4.38. The molecule has 8 heteroatoms. The molecule has 17 heavy (non-hydrogen) atoms. The summed E-state index contributed by atoms with van der Waals surface area (Å²) in [7, 11) is -1.50. The van der Waals surface area contributed by atoms with E-state index in [-0.39, 0.29) is 26.0 Å². The summed E-state index contributed by atoms with van der Waals surface area (Å²) in [6, 6.07) is 4.31. The van der Waals surface area contributed by atoms with Gasteiger partial charge in [0.2, 0.25) is 9.62 Å². The second-order valence-electron chi connectivity index (χ2n) is 3.02. The molecule has 0 saturated heterocycles. The summed E-state index contributed by atoms with van der Waals surface area (Å²) < 4.78 is 29.3. The fourth-order valence-electron chi connectivity index (χ4n) is 1.15. The quantitative estimate of drug-likeness (QED) is 0.873. The maximum Gasteiger partial charge on any atom is 0.235 e. The van der Waals surface area contributed by atoms with Gasteiger partial charge in [-0.3, -0.25) is 4.21 Å². The Morgan fingerprint density at radius 3 is 2.76 bits per heavy atom. The Balaban J connectivity index is 2.24. The van der Waals surface area contributed by atoms with E-state index in [2.05, 4.69) is 9.36 Å². The Morgan fingerprint density at radius 2 is 2.18 bits per heavy atom. The van der Waals surface area contributed by atoms with Crippen LogP contribution in [-0.4, -0.2) is 13.6 Å². The van der Waals surface area contributed by atoms with E-state index < -0.39 is 16.6 Å². The molecule has 1 heterocycles. The number of aromatic nitrogens is 2. The van der Waals surface area contributed by atoms with Gasteiger partial charge in [0.15, 0.2) is 0 Å². The highest BCUT2D eigenvalue weighted by molar-refractivity contribution is 7.86. The standard InChI is InChI=1S/C9H5Cl2FN2OS2/c10-6-2-1-3-7(12)5(6)4-17(15)9-13-8(11)14-16-9/h1-3H,4H2/t17-/m1/s1. The molecule has 0 bridgehead atoms. The van der Waals surface area contributed by atoms with Crippen molar-refractivity contribution >= 4 is 45.5 Å². The summed E-state index contributed by atoms with van der Waals surface area (Å²) >= 11 is 12.3. The molecule has 0 amide bonds. The fraction of sp³-hybridized carbons (Fsp3) is 0.111. The highest BCUT2D eigenvalue weighted by atomic mass is 35.5. The molecule has 1 aromatic carbocycles. The molecule has 0 saturated carbocycles. The van der Waals surface area contributed by atoms with E-state index in [4.69, 9.17) is 23.2 Å². The van der Waals surface area contributed by atoms with Crippen LogP contribution in [-0.2, 0) is 16.6 Å². The minimum atomic E-state index is -1.50. The predicted octanol–water partition coefficient (Wildman–Crippen LogP) is 3.29. The third-order valence-corrected chi connectivity index (χ3v) is 4.86. The van der Waals surface area contributed by atoms with Gasteiger partial charge in [-0.2, -0.15) is 9.36 Å². The van der Waals surface area contributed by atoms with Crippen LogP contribution in [0.25, 0.3) is 0 Å². The Labute approximate surface area is 113 Å². The predicted molar refractivity (Wildman–Crippen MR) is 66.4 cm³/mol. The van der Waals surface area contributed by atoms with Gasteiger partial charge in [-0.1, -0.05) is 17.7 Å². The third kappa shape index (κ3) is 3.01. The van der Waals surface area contributed by atoms with Crippen molar-refractivity contribution in [1.29, 1.82) is 0 Å². The molecular formula is C9H5Cl2FN2OS2. The lowest BCUT2D eigenvalue weighted by molar-refractivity contribution is 0.615. The molecule has 0 N–H and O–H groups in total. The minimum Gasteiger partial charge on any atom is -0.251 e. The van der Waals surface area contributed by atoms with Crippen LogP contribution < -0.4 is 0 Å². The summed E-state index contributed by atoms with van der Waals surface area (Å²) in [5, 5.41) is 0.284. The smallest absolute Gasteiger partial charge is 0.235 e. The van der Waals surface area contributed by atoms with Crippen LogP contribution in [0, 0.1) is 5.82 Å². The largest absolute Gasteiger partial charge is 0.251 e. The molecule has 1 aromatic heterocycles. The summed E-state index contributed by atoms with van der Waals surface area (Å²) in [5.74, 6) is -0.529. The molecular weight excluding hydrogens is 306 g/mol. The van der Waals surface area contributed by atoms with Crippen molar-refractivity contribution < 1.29 is 8.60 Å². The van der Waals surface area contributed by atoms with Gasteiger partial charge in [-0.05, 0) is 35.3 Å². The number of halogens is 3. The number of benzene rings is 1. The third-order valence-electron chi connectivity index (χ3n) is 1.91. The zero-order chi connectivity index (χ0) is 12.4. The van der Waals surface area contributed by atoms with Crippen molar-refractivity contribution in [2.24, 2.45) is 0 Å². The van der Waals surface area contributed by atoms with Crippen LogP contribution in [0.5, 0.6) is 0 Å². The average molecular weight is 311 g/mol. The molecule has 0 aliphatic rings. The van der Waals surface area contributed by atoms with Gasteiger partial charge in [0.25, 0.3) is 0 Å². The maximum atomic E-state index is 13.5. The van der Waals surface area contributed by atoms with Gasteiger partial charge < -0.3 is 0 Å². The summed E-state index contributed by atoms with van der Waals surface area (Å²) in [4.78, 5) is 3.77. The highest BCUT2D eigenvalue weighted by Crippen LogP contribution is 2.23. The summed E-state index contributed by atoms with van der Waals surface area (Å²) in [6.07, 6.45) is 0. The maximum absolute atomic E-state index is 13.5. The molecule has 3 nitrogen and oxygen atoms in total. The highest BCUT2D eigenvalue weighted by Gasteiger charge is 2.15. The van der Waals surface area contributed by atoms with Crippen LogP contribution in [0.4, 0.5) is 4.39 Å². The lowest BCUT2D eigenvalue weighted by atomic mass is 10.2. The van der Waals surface area contributed by atoms with E-state index in [1.54, 1.807) is 6.07 Å². The van der Waals surface area contributed by atoms with E-state index in [0.717, 1.165) is 11.5 Å². The van der Waals surface area contributed by atoms with Crippen LogP contribution in [0.1, 0.15) is 5.56 Å². The molecule has 0 unspecified atom stereocenters. The van der Waals surface area contributed by atoms with Gasteiger partial charge in [0.05, 0.1) is 16.6 Å². The second kappa shape index (κ2) is 5.39. The lowest BCUT2D eigenvalue weighted by Gasteiger charge is -2.03. The number of nitrogens with zero attached hydrogens (tertiary/aromatic N) is 2. The molecule has 0 aliphatic carbocycles. The Kier molecular flexibility index (Phi) is 4.09. The SMILES string of the molecule is O=[S@](Cc1c(F)cccc1Cl)c1nc(Cl)ns1. The van der Waals surface area contributed by atoms with Gasteiger partial charge in [0, 0.05) is 10.6 Å². The molecule has 2 rings (SSSR count). The van der Waals surface area contributed by atoms with Crippen LogP contribution >= 0.6 is 34.7 Å². The molecule has 0 fully saturated rings. The molecule has 2 aromatic rings. The molecule has 0 spiro atoms. The van der Waals surface area contributed by atoms with E-state index in [1.807, 2.05) is 0 Å². The normalized spacial score (nSPS) is 12.6. The van der Waals surface area contributed by atoms with Gasteiger partial charge in [0.1, 0.15) is 5.82 Å². The zero-order valence-electron chi connectivity index (χ0n) is 8.19. The number of hydrogen-bond donors (Lipinski definition) is 0. The fourth-order valence-corrected chi connectivity index (χ4v) is 3.56. The monoisotopic (exact) mass is 310 g/mol. The molecule has 0 radical (unpaired) electrons. The van der Waals surface area contributed by atoms with Gasteiger partial charge in [-0.25, -0.2) is 4.39 Å². The average Bonchev–Trinajstić information content (AvgIpc) is 2.70. The Hall–Kier alpha value is -0.560. The van der Waals surface area contributed by atoms with Gasteiger partial charge in [-0.15, -0.1) is 0 Å². The van der Waals surface area contributed by atoms with E-state index >= 15 is 0 Å². The molecule has 1 atom stereocenters.